The number of hydrogen-bond donors (Lipinski definition) is 1. The van der Waals surface area contributed by atoms with Gasteiger partial charge in [-0.25, -0.2) is 0 Å². The van der Waals surface area contributed by atoms with E-state index in [0.29, 0.717) is 22.4 Å². The summed E-state index contributed by atoms with van der Waals surface area (Å²) in [7, 11) is 4.37. The molecule has 0 spiro atoms. The van der Waals surface area contributed by atoms with Crippen LogP contribution in [0.15, 0.2) is 29.3 Å². The lowest BCUT2D eigenvalue weighted by atomic mass is 10.2. The molecule has 0 saturated heterocycles. The number of hydrogen-bond acceptors (Lipinski definition) is 2. The molecule has 0 radical (unpaired) electrons. The highest BCUT2D eigenvalue weighted by Gasteiger charge is 2.31. The van der Waals surface area contributed by atoms with Crippen molar-refractivity contribution < 1.29 is 18.0 Å². The number of rotatable bonds is 5. The number of carbonyl (C=O) groups is 1. The highest BCUT2D eigenvalue weighted by molar-refractivity contribution is 14.0. The maximum atomic E-state index is 12.3. The molecule has 1 amide bonds. The standard InChI is InChI=1S/C15H20ClF3N4O.HI/c1-20-14(21-8-13(24)23(3)10-15(17,18)19)22(2)9-11-6-4-5-7-12(11)16;/h4-7H,8-10H2,1-3H3,(H,20,21);1H. The van der Waals surface area contributed by atoms with Crippen molar-refractivity contribution in [3.8, 4) is 0 Å². The lowest BCUT2D eigenvalue weighted by Crippen LogP contribution is -2.45. The molecule has 0 fully saturated rings. The molecule has 0 unspecified atom stereocenters. The van der Waals surface area contributed by atoms with Crippen LogP contribution in [0.25, 0.3) is 0 Å². The first-order chi connectivity index (χ1) is 11.1. The first-order valence-electron chi connectivity index (χ1n) is 7.10. The van der Waals surface area contributed by atoms with Gasteiger partial charge in [0.25, 0.3) is 0 Å². The minimum absolute atomic E-state index is 0. The lowest BCUT2D eigenvalue weighted by Gasteiger charge is -2.24. The molecule has 0 aromatic heterocycles. The molecule has 1 rings (SSSR count). The number of benzene rings is 1. The molecule has 0 aliphatic rings. The Morgan fingerprint density at radius 3 is 2.36 bits per heavy atom. The Balaban J connectivity index is 0.00000576. The first kappa shape index (κ1) is 23.8. The van der Waals surface area contributed by atoms with E-state index in [0.717, 1.165) is 12.6 Å². The Labute approximate surface area is 167 Å². The smallest absolute Gasteiger partial charge is 0.347 e. The quantitative estimate of drug-likeness (QED) is 0.391. The van der Waals surface area contributed by atoms with E-state index in [1.807, 2.05) is 18.2 Å². The van der Waals surface area contributed by atoms with Crippen molar-refractivity contribution in [3.05, 3.63) is 34.9 Å². The summed E-state index contributed by atoms with van der Waals surface area (Å²) in [5, 5.41) is 3.35. The Bertz CT molecular complexity index is 598. The van der Waals surface area contributed by atoms with E-state index < -0.39 is 18.6 Å². The van der Waals surface area contributed by atoms with E-state index in [9.17, 15) is 18.0 Å². The number of nitrogens with one attached hydrogen (secondary N) is 1. The van der Waals surface area contributed by atoms with Gasteiger partial charge in [0.05, 0.1) is 6.54 Å². The zero-order valence-electron chi connectivity index (χ0n) is 14.1. The van der Waals surface area contributed by atoms with Crippen LogP contribution >= 0.6 is 35.6 Å². The third kappa shape index (κ3) is 8.61. The number of halogens is 5. The van der Waals surface area contributed by atoms with Gasteiger partial charge in [-0.15, -0.1) is 24.0 Å². The van der Waals surface area contributed by atoms with E-state index in [2.05, 4.69) is 10.3 Å². The molecule has 1 aromatic carbocycles. The van der Waals surface area contributed by atoms with Gasteiger partial charge in [-0.05, 0) is 11.6 Å². The van der Waals surface area contributed by atoms with Crippen molar-refractivity contribution in [2.24, 2.45) is 4.99 Å². The highest BCUT2D eigenvalue weighted by atomic mass is 127. The van der Waals surface area contributed by atoms with Crippen molar-refractivity contribution in [2.75, 3.05) is 34.2 Å². The van der Waals surface area contributed by atoms with E-state index in [1.54, 1.807) is 18.0 Å². The molecule has 0 aliphatic carbocycles. The summed E-state index contributed by atoms with van der Waals surface area (Å²) in [6.45, 7) is -1.14. The summed E-state index contributed by atoms with van der Waals surface area (Å²) >= 11 is 6.09. The minimum atomic E-state index is -4.42. The van der Waals surface area contributed by atoms with E-state index in [1.165, 1.54) is 7.05 Å². The van der Waals surface area contributed by atoms with Crippen LogP contribution in [0.3, 0.4) is 0 Å². The number of amides is 1. The maximum Gasteiger partial charge on any atom is 0.406 e. The maximum absolute atomic E-state index is 12.3. The van der Waals surface area contributed by atoms with Crippen molar-refractivity contribution >= 4 is 47.4 Å². The van der Waals surface area contributed by atoms with Gasteiger partial charge >= 0.3 is 6.18 Å². The first-order valence-corrected chi connectivity index (χ1v) is 7.47. The van der Waals surface area contributed by atoms with Gasteiger partial charge in [0.2, 0.25) is 5.91 Å². The van der Waals surface area contributed by atoms with Crippen molar-refractivity contribution in [3.63, 3.8) is 0 Å². The fraction of sp³-hybridized carbons (Fsp3) is 0.467. The lowest BCUT2D eigenvalue weighted by molar-refractivity contribution is -0.157. The van der Waals surface area contributed by atoms with Gasteiger partial charge < -0.3 is 15.1 Å². The Morgan fingerprint density at radius 1 is 1.24 bits per heavy atom. The third-order valence-electron chi connectivity index (χ3n) is 3.18. The summed E-state index contributed by atoms with van der Waals surface area (Å²) in [4.78, 5) is 18.1. The third-order valence-corrected chi connectivity index (χ3v) is 3.55. The van der Waals surface area contributed by atoms with Gasteiger partial charge in [0, 0.05) is 32.7 Å². The van der Waals surface area contributed by atoms with E-state index in [4.69, 9.17) is 11.6 Å². The molecule has 10 heteroatoms. The number of carbonyl (C=O) groups excluding carboxylic acids is 1. The van der Waals surface area contributed by atoms with Crippen LogP contribution < -0.4 is 5.32 Å². The van der Waals surface area contributed by atoms with Gasteiger partial charge in [0.15, 0.2) is 5.96 Å². The predicted octanol–water partition coefficient (Wildman–Crippen LogP) is 2.99. The number of likely N-dealkylation sites (N-methyl/N-ethyl adjacent to an activating group) is 1. The van der Waals surface area contributed by atoms with Crippen LogP contribution in [0.4, 0.5) is 13.2 Å². The van der Waals surface area contributed by atoms with Crippen molar-refractivity contribution in [1.29, 1.82) is 0 Å². The second kappa shape index (κ2) is 10.7. The molecule has 1 aromatic rings. The van der Waals surface area contributed by atoms with Crippen molar-refractivity contribution in [2.45, 2.75) is 12.7 Å². The van der Waals surface area contributed by atoms with E-state index >= 15 is 0 Å². The molecule has 0 aliphatic heterocycles. The van der Waals surface area contributed by atoms with Crippen LogP contribution in [0.1, 0.15) is 5.56 Å². The molecule has 0 atom stereocenters. The molecule has 0 bridgehead atoms. The molecule has 25 heavy (non-hydrogen) atoms. The molecular formula is C15H21ClF3IN4O. The van der Waals surface area contributed by atoms with Crippen LogP contribution in [0.2, 0.25) is 5.02 Å². The number of guanidine groups is 1. The molecular weight excluding hydrogens is 472 g/mol. The van der Waals surface area contributed by atoms with Gasteiger partial charge in [-0.2, -0.15) is 13.2 Å². The van der Waals surface area contributed by atoms with Crippen molar-refractivity contribution in [1.82, 2.24) is 15.1 Å². The summed E-state index contributed by atoms with van der Waals surface area (Å²) in [6.07, 6.45) is -4.42. The molecule has 5 nitrogen and oxygen atoms in total. The van der Waals surface area contributed by atoms with Gasteiger partial charge in [-0.1, -0.05) is 29.8 Å². The zero-order valence-corrected chi connectivity index (χ0v) is 17.2. The number of aliphatic imine (C=N–C) groups is 1. The van der Waals surface area contributed by atoms with Crippen LogP contribution in [-0.2, 0) is 11.3 Å². The summed E-state index contributed by atoms with van der Waals surface area (Å²) in [5.74, 6) is -0.303. The molecule has 142 valence electrons. The fourth-order valence-corrected chi connectivity index (χ4v) is 2.18. The Morgan fingerprint density at radius 2 is 1.84 bits per heavy atom. The average Bonchev–Trinajstić information content (AvgIpc) is 2.48. The fourth-order valence-electron chi connectivity index (χ4n) is 1.99. The van der Waals surface area contributed by atoms with E-state index in [-0.39, 0.29) is 30.5 Å². The monoisotopic (exact) mass is 492 g/mol. The average molecular weight is 493 g/mol. The minimum Gasteiger partial charge on any atom is -0.347 e. The second-order valence-corrected chi connectivity index (χ2v) is 5.62. The van der Waals surface area contributed by atoms with Gasteiger partial charge in [0.1, 0.15) is 6.54 Å². The molecule has 0 heterocycles. The highest BCUT2D eigenvalue weighted by Crippen LogP contribution is 2.17. The van der Waals surface area contributed by atoms with Crippen LogP contribution in [0, 0.1) is 0 Å². The zero-order chi connectivity index (χ0) is 18.3. The molecule has 1 N–H and O–H groups in total. The largest absolute Gasteiger partial charge is 0.406 e. The van der Waals surface area contributed by atoms with Crippen LogP contribution in [-0.4, -0.2) is 62.1 Å². The Hall–Kier alpha value is -1.23. The predicted molar refractivity (Wildman–Crippen MR) is 103 cm³/mol. The second-order valence-electron chi connectivity index (χ2n) is 5.21. The number of alkyl halides is 3. The SMILES string of the molecule is CN=C(NCC(=O)N(C)CC(F)(F)F)N(C)Cc1ccccc1Cl.I. The Kier molecular flexibility index (Phi) is 10.2. The normalized spacial score (nSPS) is 11.6. The summed E-state index contributed by atoms with van der Waals surface area (Å²) in [5.41, 5.74) is 0.866. The van der Waals surface area contributed by atoms with Crippen LogP contribution in [0.5, 0.6) is 0 Å². The number of nitrogens with zero attached hydrogens (tertiary/aromatic N) is 3. The van der Waals surface area contributed by atoms with Gasteiger partial charge in [-0.3, -0.25) is 9.79 Å². The molecule has 0 saturated carbocycles. The summed E-state index contributed by atoms with van der Waals surface area (Å²) < 4.78 is 36.8. The summed E-state index contributed by atoms with van der Waals surface area (Å²) in [6, 6.07) is 7.28. The topological polar surface area (TPSA) is 47.9 Å².